The van der Waals surface area contributed by atoms with E-state index in [0.717, 1.165) is 6.42 Å². The van der Waals surface area contributed by atoms with Gasteiger partial charge >= 0.3 is 5.97 Å². The van der Waals surface area contributed by atoms with E-state index in [1.54, 1.807) is 19.0 Å². The third-order valence-corrected chi connectivity index (χ3v) is 3.84. The Morgan fingerprint density at radius 3 is 2.00 bits per heavy atom. The van der Waals surface area contributed by atoms with Gasteiger partial charge in [0.15, 0.2) is 0 Å². The van der Waals surface area contributed by atoms with Gasteiger partial charge in [0, 0.05) is 7.05 Å². The van der Waals surface area contributed by atoms with Crippen LogP contribution in [0.3, 0.4) is 0 Å². The number of nitrogens with one attached hydrogen (secondary N) is 1. The lowest BCUT2D eigenvalue weighted by Gasteiger charge is -2.35. The van der Waals surface area contributed by atoms with Crippen molar-refractivity contribution >= 4 is 11.9 Å². The smallest absolute Gasteiger partial charge is 0.329 e. The molecule has 0 aliphatic rings. The number of likely N-dealkylation sites (N-methyl/N-ethyl adjacent to an activating group) is 2. The minimum atomic E-state index is -0.564. The molecule has 0 spiro atoms. The molecule has 0 aromatic rings. The molecule has 3 atom stereocenters. The first kappa shape index (κ1) is 20.9. The van der Waals surface area contributed by atoms with Crippen LogP contribution in [0.1, 0.15) is 54.9 Å². The van der Waals surface area contributed by atoms with Crippen LogP contribution < -0.4 is 5.32 Å². The lowest BCUT2D eigenvalue weighted by Crippen LogP contribution is -2.55. The van der Waals surface area contributed by atoms with Gasteiger partial charge in [-0.2, -0.15) is 0 Å². The van der Waals surface area contributed by atoms with Crippen molar-refractivity contribution in [2.75, 3.05) is 14.1 Å². The number of carbonyl (C=O) groups is 2. The molecule has 22 heavy (non-hydrogen) atoms. The molecule has 5 nitrogen and oxygen atoms in total. The Balaban J connectivity index is 5.34. The maximum atomic E-state index is 12.7. The van der Waals surface area contributed by atoms with Crippen LogP contribution in [0.4, 0.5) is 0 Å². The summed E-state index contributed by atoms with van der Waals surface area (Å²) in [7, 11) is 3.46. The van der Waals surface area contributed by atoms with Gasteiger partial charge in [0.05, 0.1) is 6.04 Å². The first-order chi connectivity index (χ1) is 9.96. The molecule has 0 aromatic heterocycles. The number of amides is 1. The highest BCUT2D eigenvalue weighted by molar-refractivity contribution is 5.87. The normalized spacial score (nSPS) is 16.1. The first-order valence-corrected chi connectivity index (χ1v) is 8.13. The van der Waals surface area contributed by atoms with E-state index in [9.17, 15) is 9.59 Å². The number of hydrogen-bond acceptors (Lipinski definition) is 4. The highest BCUT2D eigenvalue weighted by atomic mass is 16.6. The lowest BCUT2D eigenvalue weighted by atomic mass is 9.95. The van der Waals surface area contributed by atoms with Crippen LogP contribution in [-0.2, 0) is 14.3 Å². The Labute approximate surface area is 135 Å². The number of ether oxygens (including phenoxy) is 1. The van der Waals surface area contributed by atoms with Crippen molar-refractivity contribution in [3.05, 3.63) is 0 Å². The van der Waals surface area contributed by atoms with Gasteiger partial charge in [0.25, 0.3) is 0 Å². The van der Waals surface area contributed by atoms with Crippen LogP contribution in [0.2, 0.25) is 0 Å². The zero-order valence-electron chi connectivity index (χ0n) is 15.7. The average Bonchev–Trinajstić information content (AvgIpc) is 2.36. The minimum absolute atomic E-state index is 0.0356. The molecule has 0 heterocycles. The Kier molecular flexibility index (Phi) is 8.09. The van der Waals surface area contributed by atoms with Gasteiger partial charge in [-0.05, 0) is 39.7 Å². The molecule has 0 fully saturated rings. The summed E-state index contributed by atoms with van der Waals surface area (Å²) in [5.41, 5.74) is -0.562. The van der Waals surface area contributed by atoms with Gasteiger partial charge in [-0.15, -0.1) is 0 Å². The number of rotatable bonds is 7. The maximum Gasteiger partial charge on any atom is 0.329 e. The van der Waals surface area contributed by atoms with Crippen molar-refractivity contribution in [2.24, 2.45) is 11.8 Å². The SMILES string of the molecule is CC[C@H](C)[C@@H](C(=O)OC(C)(C)C)N(C)C(=O)[C@@H](NC)C(C)C. The van der Waals surface area contributed by atoms with E-state index in [0.29, 0.717) is 0 Å². The Morgan fingerprint density at radius 2 is 1.68 bits per heavy atom. The topological polar surface area (TPSA) is 58.6 Å². The molecular weight excluding hydrogens is 280 g/mol. The van der Waals surface area contributed by atoms with Gasteiger partial charge in [-0.25, -0.2) is 4.79 Å². The van der Waals surface area contributed by atoms with Crippen LogP contribution in [0.5, 0.6) is 0 Å². The summed E-state index contributed by atoms with van der Waals surface area (Å²) in [6.45, 7) is 13.5. The van der Waals surface area contributed by atoms with Crippen LogP contribution in [0.15, 0.2) is 0 Å². The van der Waals surface area contributed by atoms with E-state index in [-0.39, 0.29) is 29.8 Å². The molecule has 0 rings (SSSR count). The van der Waals surface area contributed by atoms with Crippen LogP contribution in [0.25, 0.3) is 0 Å². The quantitative estimate of drug-likeness (QED) is 0.733. The second-order valence-corrected chi connectivity index (χ2v) is 7.32. The summed E-state index contributed by atoms with van der Waals surface area (Å²) < 4.78 is 5.51. The van der Waals surface area contributed by atoms with Crippen molar-refractivity contribution in [3.63, 3.8) is 0 Å². The second-order valence-electron chi connectivity index (χ2n) is 7.32. The van der Waals surface area contributed by atoms with Gasteiger partial charge in [-0.3, -0.25) is 4.79 Å². The molecule has 0 bridgehead atoms. The predicted molar refractivity (Wildman–Crippen MR) is 89.5 cm³/mol. The Hall–Kier alpha value is -1.10. The zero-order chi connectivity index (χ0) is 17.7. The van der Waals surface area contributed by atoms with E-state index >= 15 is 0 Å². The first-order valence-electron chi connectivity index (χ1n) is 8.13. The third kappa shape index (κ3) is 5.95. The standard InChI is InChI=1S/C17H34N2O3/c1-10-12(4)14(16(21)22-17(5,6)7)19(9)15(20)13(18-8)11(2)3/h11-14,18H,10H2,1-9H3/t12-,13-,14-/m0/s1. The highest BCUT2D eigenvalue weighted by Crippen LogP contribution is 2.20. The summed E-state index contributed by atoms with van der Waals surface area (Å²) in [6, 6.07) is -0.870. The van der Waals surface area contributed by atoms with Crippen molar-refractivity contribution in [2.45, 2.75) is 72.6 Å². The largest absolute Gasteiger partial charge is 0.458 e. The molecular formula is C17H34N2O3. The lowest BCUT2D eigenvalue weighted by molar-refractivity contribution is -0.166. The molecule has 0 radical (unpaired) electrons. The average molecular weight is 314 g/mol. The summed E-state index contributed by atoms with van der Waals surface area (Å²) >= 11 is 0. The van der Waals surface area contributed by atoms with E-state index in [4.69, 9.17) is 4.74 Å². The van der Waals surface area contributed by atoms with Crippen LogP contribution in [0, 0.1) is 11.8 Å². The molecule has 0 aliphatic carbocycles. The summed E-state index contributed by atoms with van der Waals surface area (Å²) in [5.74, 6) is -0.227. The number of carbonyl (C=O) groups excluding carboxylic acids is 2. The van der Waals surface area contributed by atoms with E-state index in [2.05, 4.69) is 5.32 Å². The number of nitrogens with zero attached hydrogens (tertiary/aromatic N) is 1. The Morgan fingerprint density at radius 1 is 1.18 bits per heavy atom. The minimum Gasteiger partial charge on any atom is -0.458 e. The summed E-state index contributed by atoms with van der Waals surface area (Å²) in [5, 5.41) is 3.04. The van der Waals surface area contributed by atoms with Crippen molar-refractivity contribution in [1.29, 1.82) is 0 Å². The van der Waals surface area contributed by atoms with Crippen molar-refractivity contribution in [1.82, 2.24) is 10.2 Å². The fraction of sp³-hybridized carbons (Fsp3) is 0.882. The molecule has 130 valence electrons. The monoisotopic (exact) mass is 314 g/mol. The number of hydrogen-bond donors (Lipinski definition) is 1. The highest BCUT2D eigenvalue weighted by Gasteiger charge is 2.37. The molecule has 1 amide bonds. The molecule has 1 N–H and O–H groups in total. The maximum absolute atomic E-state index is 12.7. The zero-order valence-corrected chi connectivity index (χ0v) is 15.7. The summed E-state index contributed by atoms with van der Waals surface area (Å²) in [6.07, 6.45) is 0.799. The van der Waals surface area contributed by atoms with E-state index < -0.39 is 11.6 Å². The van der Waals surface area contributed by atoms with E-state index in [1.165, 1.54) is 0 Å². The van der Waals surface area contributed by atoms with Crippen molar-refractivity contribution in [3.8, 4) is 0 Å². The molecule has 0 aliphatic heterocycles. The van der Waals surface area contributed by atoms with Crippen molar-refractivity contribution < 1.29 is 14.3 Å². The third-order valence-electron chi connectivity index (χ3n) is 3.84. The van der Waals surface area contributed by atoms with Crippen LogP contribution >= 0.6 is 0 Å². The van der Waals surface area contributed by atoms with Crippen LogP contribution in [-0.4, -0.2) is 48.6 Å². The van der Waals surface area contributed by atoms with Gasteiger partial charge in [0.1, 0.15) is 11.6 Å². The van der Waals surface area contributed by atoms with E-state index in [1.807, 2.05) is 48.5 Å². The van der Waals surface area contributed by atoms with Gasteiger partial charge in [0.2, 0.25) is 5.91 Å². The molecule has 5 heteroatoms. The summed E-state index contributed by atoms with van der Waals surface area (Å²) in [4.78, 5) is 26.8. The molecule has 0 saturated heterocycles. The number of esters is 1. The fourth-order valence-electron chi connectivity index (χ4n) is 2.46. The predicted octanol–water partition coefficient (Wildman–Crippen LogP) is 2.45. The van der Waals surface area contributed by atoms with Gasteiger partial charge in [-0.1, -0.05) is 34.1 Å². The van der Waals surface area contributed by atoms with Gasteiger partial charge < -0.3 is 15.0 Å². The Bertz CT molecular complexity index is 375. The molecule has 0 unspecified atom stereocenters. The molecule has 0 saturated carbocycles. The molecule has 0 aromatic carbocycles. The fourth-order valence-corrected chi connectivity index (χ4v) is 2.46. The second kappa shape index (κ2) is 8.51.